The molecule has 0 amide bonds. The van der Waals surface area contributed by atoms with Crippen molar-refractivity contribution in [2.24, 2.45) is 0 Å². The molecule has 7 heteroatoms. The lowest BCUT2D eigenvalue weighted by Gasteiger charge is -2.08. The van der Waals surface area contributed by atoms with Crippen LogP contribution in [0.4, 0.5) is 5.95 Å². The van der Waals surface area contributed by atoms with Crippen molar-refractivity contribution in [3.05, 3.63) is 34.2 Å². The maximum absolute atomic E-state index is 5.94. The molecule has 0 spiro atoms. The van der Waals surface area contributed by atoms with Gasteiger partial charge >= 0.3 is 0 Å². The lowest BCUT2D eigenvalue weighted by Crippen LogP contribution is -2.12. The lowest BCUT2D eigenvalue weighted by molar-refractivity contribution is 0.999. The fraction of sp³-hybridized carbons (Fsp3) is 0.154. The quantitative estimate of drug-likeness (QED) is 0.735. The zero-order chi connectivity index (χ0) is 14.1. The molecule has 3 aromatic heterocycles. The summed E-state index contributed by atoms with van der Waals surface area (Å²) in [6.45, 7) is 0. The Morgan fingerprint density at radius 3 is 2.55 bits per heavy atom. The molecular weight excluding hydrogens is 312 g/mol. The predicted molar refractivity (Wildman–Crippen MR) is 84.6 cm³/mol. The minimum Gasteiger partial charge on any atom is -0.347 e. The second-order valence-corrected chi connectivity index (χ2v) is 6.75. The Balaban J connectivity index is 1.90. The first kappa shape index (κ1) is 13.5. The number of halogens is 1. The molecule has 0 aliphatic carbocycles. The van der Waals surface area contributed by atoms with Gasteiger partial charge in [-0.05, 0) is 12.1 Å². The molecule has 0 aromatic carbocycles. The molecule has 0 bridgehead atoms. The fourth-order valence-electron chi connectivity index (χ4n) is 1.58. The van der Waals surface area contributed by atoms with E-state index in [2.05, 4.69) is 20.3 Å². The van der Waals surface area contributed by atoms with E-state index in [-0.39, 0.29) is 0 Å². The summed E-state index contributed by atoms with van der Waals surface area (Å²) in [5.74, 6) is 0.680. The summed E-state index contributed by atoms with van der Waals surface area (Å²) in [7, 11) is 3.82. The van der Waals surface area contributed by atoms with Gasteiger partial charge in [-0.25, -0.2) is 15.0 Å². The Kier molecular flexibility index (Phi) is 3.69. The normalized spacial score (nSPS) is 10.8. The SMILES string of the molecule is CN(C)c1ncc(-c2nc(-c3ccc(Cl)s3)[c]s2)cn1. The standard InChI is InChI=1S/C13H10ClN4S2/c1-18(2)13-15-5-8(6-16-13)12-17-9(7-19-12)10-3-4-11(14)20-10/h3-6H,1-2H3. The topological polar surface area (TPSA) is 41.9 Å². The van der Waals surface area contributed by atoms with Crippen molar-refractivity contribution in [3.63, 3.8) is 0 Å². The van der Waals surface area contributed by atoms with Crippen LogP contribution in [0.1, 0.15) is 0 Å². The molecule has 0 aliphatic heterocycles. The van der Waals surface area contributed by atoms with Gasteiger partial charge in [-0.2, -0.15) is 0 Å². The number of rotatable bonds is 3. The average molecular weight is 322 g/mol. The zero-order valence-electron chi connectivity index (χ0n) is 10.8. The second kappa shape index (κ2) is 5.47. The molecule has 3 rings (SSSR count). The van der Waals surface area contributed by atoms with Gasteiger partial charge in [0.15, 0.2) is 0 Å². The van der Waals surface area contributed by atoms with Gasteiger partial charge in [0.05, 0.1) is 14.6 Å². The van der Waals surface area contributed by atoms with Crippen LogP contribution >= 0.6 is 34.3 Å². The van der Waals surface area contributed by atoms with Crippen LogP contribution in [-0.4, -0.2) is 29.0 Å². The zero-order valence-corrected chi connectivity index (χ0v) is 13.2. The third-order valence-electron chi connectivity index (χ3n) is 2.55. The molecule has 20 heavy (non-hydrogen) atoms. The number of hydrogen-bond acceptors (Lipinski definition) is 6. The van der Waals surface area contributed by atoms with E-state index in [1.165, 1.54) is 22.7 Å². The largest absolute Gasteiger partial charge is 0.347 e. The van der Waals surface area contributed by atoms with E-state index in [0.29, 0.717) is 5.95 Å². The molecule has 0 atom stereocenters. The number of anilines is 1. The van der Waals surface area contributed by atoms with Crippen molar-refractivity contribution < 1.29 is 0 Å². The van der Waals surface area contributed by atoms with E-state index in [1.54, 1.807) is 12.4 Å². The van der Waals surface area contributed by atoms with E-state index in [4.69, 9.17) is 11.6 Å². The molecular formula is C13H10ClN4S2. The Morgan fingerprint density at radius 1 is 1.20 bits per heavy atom. The maximum Gasteiger partial charge on any atom is 0.224 e. The molecule has 1 radical (unpaired) electrons. The Bertz CT molecular complexity index is 718. The minimum atomic E-state index is 0.680. The van der Waals surface area contributed by atoms with Gasteiger partial charge in [0.2, 0.25) is 5.95 Å². The van der Waals surface area contributed by atoms with E-state index < -0.39 is 0 Å². The first-order valence-corrected chi connectivity index (χ1v) is 7.78. The third-order valence-corrected chi connectivity index (χ3v) is 4.60. The maximum atomic E-state index is 5.94. The van der Waals surface area contributed by atoms with Crippen LogP contribution in [0.3, 0.4) is 0 Å². The minimum absolute atomic E-state index is 0.680. The average Bonchev–Trinajstić information content (AvgIpc) is 3.07. The summed E-state index contributed by atoms with van der Waals surface area (Å²) in [6, 6.07) is 3.82. The highest BCUT2D eigenvalue weighted by Gasteiger charge is 2.10. The summed E-state index contributed by atoms with van der Waals surface area (Å²) >= 11 is 8.89. The van der Waals surface area contributed by atoms with Crippen molar-refractivity contribution >= 4 is 40.2 Å². The van der Waals surface area contributed by atoms with Crippen molar-refractivity contribution in [3.8, 4) is 21.1 Å². The number of thiazole rings is 1. The van der Waals surface area contributed by atoms with Gasteiger partial charge in [0.25, 0.3) is 0 Å². The summed E-state index contributed by atoms with van der Waals surface area (Å²) in [4.78, 5) is 16.0. The van der Waals surface area contributed by atoms with Crippen LogP contribution in [-0.2, 0) is 0 Å². The van der Waals surface area contributed by atoms with E-state index in [9.17, 15) is 0 Å². The van der Waals surface area contributed by atoms with Gasteiger partial charge in [-0.1, -0.05) is 11.6 Å². The summed E-state index contributed by atoms with van der Waals surface area (Å²) in [6.07, 6.45) is 3.56. The monoisotopic (exact) mass is 321 g/mol. The molecule has 4 nitrogen and oxygen atoms in total. The molecule has 0 aliphatic rings. The van der Waals surface area contributed by atoms with Crippen LogP contribution < -0.4 is 4.90 Å². The molecule has 0 unspecified atom stereocenters. The highest BCUT2D eigenvalue weighted by atomic mass is 35.5. The molecule has 101 valence electrons. The van der Waals surface area contributed by atoms with Gasteiger partial charge in [0, 0.05) is 32.1 Å². The van der Waals surface area contributed by atoms with Crippen LogP contribution in [0.15, 0.2) is 24.5 Å². The van der Waals surface area contributed by atoms with Gasteiger partial charge in [-0.3, -0.25) is 0 Å². The van der Waals surface area contributed by atoms with Gasteiger partial charge in [0.1, 0.15) is 10.7 Å². The van der Waals surface area contributed by atoms with Crippen LogP contribution in [0.2, 0.25) is 4.34 Å². The smallest absolute Gasteiger partial charge is 0.224 e. The molecule has 0 saturated heterocycles. The van der Waals surface area contributed by atoms with Crippen molar-refractivity contribution in [2.45, 2.75) is 0 Å². The van der Waals surface area contributed by atoms with Crippen LogP contribution in [0.5, 0.6) is 0 Å². The molecule has 0 saturated carbocycles. The highest BCUT2D eigenvalue weighted by Crippen LogP contribution is 2.33. The fourth-order valence-corrected chi connectivity index (χ4v) is 3.34. The summed E-state index contributed by atoms with van der Waals surface area (Å²) in [5.41, 5.74) is 1.71. The van der Waals surface area contributed by atoms with Crippen LogP contribution in [0, 0.1) is 5.38 Å². The van der Waals surface area contributed by atoms with E-state index in [1.807, 2.05) is 31.1 Å². The van der Waals surface area contributed by atoms with Crippen molar-refractivity contribution in [1.82, 2.24) is 15.0 Å². The molecule has 3 heterocycles. The highest BCUT2D eigenvalue weighted by molar-refractivity contribution is 7.19. The summed E-state index contributed by atoms with van der Waals surface area (Å²) < 4.78 is 0.751. The first-order chi connectivity index (χ1) is 9.63. The first-order valence-electron chi connectivity index (χ1n) is 5.77. The molecule has 0 N–H and O–H groups in total. The molecule has 0 fully saturated rings. The van der Waals surface area contributed by atoms with Gasteiger partial charge < -0.3 is 4.90 Å². The third kappa shape index (κ3) is 2.67. The Morgan fingerprint density at radius 2 is 1.95 bits per heavy atom. The number of aromatic nitrogens is 3. The Labute approximate surface area is 129 Å². The van der Waals surface area contributed by atoms with Crippen molar-refractivity contribution in [1.29, 1.82) is 0 Å². The molecule has 3 aromatic rings. The van der Waals surface area contributed by atoms with Crippen molar-refractivity contribution in [2.75, 3.05) is 19.0 Å². The number of nitrogens with zero attached hydrogens (tertiary/aromatic N) is 4. The number of hydrogen-bond donors (Lipinski definition) is 0. The second-order valence-electron chi connectivity index (χ2n) is 4.24. The van der Waals surface area contributed by atoms with E-state index >= 15 is 0 Å². The number of thiophene rings is 1. The Hall–Kier alpha value is -1.50. The predicted octanol–water partition coefficient (Wildman–Crippen LogP) is 3.85. The lowest BCUT2D eigenvalue weighted by atomic mass is 10.3. The van der Waals surface area contributed by atoms with Crippen LogP contribution in [0.25, 0.3) is 21.1 Å². The van der Waals surface area contributed by atoms with E-state index in [0.717, 1.165) is 25.5 Å². The van der Waals surface area contributed by atoms with Gasteiger partial charge in [-0.15, -0.1) is 22.7 Å². The summed E-state index contributed by atoms with van der Waals surface area (Å²) in [5, 5.41) is 4.04.